The van der Waals surface area contributed by atoms with Crippen LogP contribution in [0.1, 0.15) is 38.2 Å². The predicted molar refractivity (Wildman–Crippen MR) is 131 cm³/mol. The third kappa shape index (κ3) is 7.68. The number of carbonyl (C=O) groups is 2. The van der Waals surface area contributed by atoms with Gasteiger partial charge < -0.3 is 15.0 Å². The molecule has 0 saturated carbocycles. The molecule has 8 heteroatoms. The fraction of sp³-hybridized carbons (Fsp3) is 0.360. The van der Waals surface area contributed by atoms with Crippen molar-refractivity contribution in [2.24, 2.45) is 0 Å². The molecule has 3 aromatic rings. The van der Waals surface area contributed by atoms with E-state index in [1.807, 2.05) is 54.6 Å². The van der Waals surface area contributed by atoms with E-state index in [1.165, 1.54) is 11.3 Å². The first-order valence-electron chi connectivity index (χ1n) is 11.2. The summed E-state index contributed by atoms with van der Waals surface area (Å²) in [4.78, 5) is 27.1. The van der Waals surface area contributed by atoms with E-state index < -0.39 is 0 Å². The van der Waals surface area contributed by atoms with Gasteiger partial charge in [-0.15, -0.1) is 10.2 Å². The summed E-state index contributed by atoms with van der Waals surface area (Å²) in [7, 11) is 1.62. The van der Waals surface area contributed by atoms with Gasteiger partial charge in [0.25, 0.3) is 0 Å². The number of nitrogens with one attached hydrogen (secondary N) is 1. The number of hydrogen-bond acceptors (Lipinski definition) is 6. The van der Waals surface area contributed by atoms with Crippen LogP contribution < -0.4 is 10.1 Å². The van der Waals surface area contributed by atoms with Crippen LogP contribution in [0.5, 0.6) is 5.75 Å². The molecule has 0 spiro atoms. The fourth-order valence-corrected chi connectivity index (χ4v) is 4.07. The summed E-state index contributed by atoms with van der Waals surface area (Å²) in [5.74, 6) is 0.672. The van der Waals surface area contributed by atoms with Crippen molar-refractivity contribution in [1.29, 1.82) is 0 Å². The second-order valence-corrected chi connectivity index (χ2v) is 8.64. The molecular formula is C25H30N4O3S. The van der Waals surface area contributed by atoms with Gasteiger partial charge in [-0.3, -0.25) is 9.59 Å². The lowest BCUT2D eigenvalue weighted by Crippen LogP contribution is -2.34. The first-order valence-corrected chi connectivity index (χ1v) is 12.0. The number of carbonyl (C=O) groups excluding carboxylic acids is 2. The lowest BCUT2D eigenvalue weighted by Gasteiger charge is -2.22. The molecule has 0 unspecified atom stereocenters. The Bertz CT molecular complexity index is 1020. The first kappa shape index (κ1) is 24.4. The Morgan fingerprint density at radius 1 is 1.00 bits per heavy atom. The lowest BCUT2D eigenvalue weighted by molar-refractivity contribution is -0.131. The Labute approximate surface area is 198 Å². The summed E-state index contributed by atoms with van der Waals surface area (Å²) in [6.45, 7) is 3.15. The van der Waals surface area contributed by atoms with Crippen LogP contribution in [0.2, 0.25) is 0 Å². The number of rotatable bonds is 12. The van der Waals surface area contributed by atoms with Crippen LogP contribution in [0, 0.1) is 0 Å². The van der Waals surface area contributed by atoms with Crippen LogP contribution in [0.4, 0.5) is 5.13 Å². The second-order valence-electron chi connectivity index (χ2n) is 7.66. The van der Waals surface area contributed by atoms with Gasteiger partial charge in [-0.1, -0.05) is 55.0 Å². The van der Waals surface area contributed by atoms with Crippen molar-refractivity contribution < 1.29 is 14.3 Å². The minimum Gasteiger partial charge on any atom is -0.497 e. The van der Waals surface area contributed by atoms with Crippen molar-refractivity contribution in [2.75, 3.05) is 25.5 Å². The number of benzene rings is 2. The zero-order chi connectivity index (χ0) is 23.5. The molecular weight excluding hydrogens is 436 g/mol. The summed E-state index contributed by atoms with van der Waals surface area (Å²) in [6.07, 6.45) is 3.27. The van der Waals surface area contributed by atoms with Crippen LogP contribution in [-0.4, -0.2) is 47.1 Å². The largest absolute Gasteiger partial charge is 0.497 e. The highest BCUT2D eigenvalue weighted by Gasteiger charge is 2.16. The van der Waals surface area contributed by atoms with E-state index in [0.717, 1.165) is 29.7 Å². The number of ether oxygens (including phenoxy) is 1. The molecule has 0 atom stereocenters. The second kappa shape index (κ2) is 12.7. The maximum Gasteiger partial charge on any atom is 0.227 e. The van der Waals surface area contributed by atoms with Gasteiger partial charge in [-0.2, -0.15) is 0 Å². The number of unbranched alkanes of at least 4 members (excludes halogenated alkanes) is 1. The van der Waals surface area contributed by atoms with Crippen LogP contribution in [0.15, 0.2) is 54.6 Å². The summed E-state index contributed by atoms with van der Waals surface area (Å²) >= 11 is 1.31. The Morgan fingerprint density at radius 3 is 2.45 bits per heavy atom. The van der Waals surface area contributed by atoms with E-state index in [9.17, 15) is 9.59 Å². The lowest BCUT2D eigenvalue weighted by atomic mass is 10.1. The van der Waals surface area contributed by atoms with E-state index in [1.54, 1.807) is 12.0 Å². The number of aromatic nitrogens is 2. The normalized spacial score (nSPS) is 10.6. The number of anilines is 1. The topological polar surface area (TPSA) is 84.4 Å². The number of methoxy groups -OCH3 is 1. The van der Waals surface area contributed by atoms with Crippen LogP contribution in [-0.2, 0) is 16.0 Å². The van der Waals surface area contributed by atoms with Crippen LogP contribution >= 0.6 is 11.3 Å². The van der Waals surface area contributed by atoms with E-state index >= 15 is 0 Å². The van der Waals surface area contributed by atoms with Crippen molar-refractivity contribution in [3.8, 4) is 16.3 Å². The zero-order valence-corrected chi connectivity index (χ0v) is 19.9. The Balaban J connectivity index is 1.51. The molecule has 0 fully saturated rings. The van der Waals surface area contributed by atoms with Gasteiger partial charge >= 0.3 is 0 Å². The third-order valence-corrected chi connectivity index (χ3v) is 6.11. The maximum atomic E-state index is 12.8. The van der Waals surface area contributed by atoms with E-state index in [0.29, 0.717) is 36.1 Å². The van der Waals surface area contributed by atoms with Gasteiger partial charge in [-0.05, 0) is 42.7 Å². The Hall–Kier alpha value is -3.26. The van der Waals surface area contributed by atoms with Crippen molar-refractivity contribution in [2.45, 2.75) is 39.0 Å². The molecule has 0 aliphatic heterocycles. The molecule has 2 aromatic carbocycles. The van der Waals surface area contributed by atoms with Gasteiger partial charge in [0.2, 0.25) is 16.9 Å². The van der Waals surface area contributed by atoms with E-state index in [-0.39, 0.29) is 18.2 Å². The number of nitrogens with zero attached hydrogens (tertiary/aromatic N) is 3. The average Bonchev–Trinajstić information content (AvgIpc) is 3.31. The summed E-state index contributed by atoms with van der Waals surface area (Å²) in [5.41, 5.74) is 2.05. The highest BCUT2D eigenvalue weighted by Crippen LogP contribution is 2.27. The van der Waals surface area contributed by atoms with Crippen molar-refractivity contribution in [1.82, 2.24) is 15.1 Å². The summed E-state index contributed by atoms with van der Waals surface area (Å²) in [6, 6.07) is 17.5. The molecule has 174 valence electrons. The molecule has 1 heterocycles. The zero-order valence-electron chi connectivity index (χ0n) is 19.1. The molecule has 0 aliphatic rings. The number of amides is 2. The molecule has 1 N–H and O–H groups in total. The Morgan fingerprint density at radius 2 is 1.76 bits per heavy atom. The van der Waals surface area contributed by atoms with E-state index in [4.69, 9.17) is 4.74 Å². The van der Waals surface area contributed by atoms with Gasteiger partial charge in [-0.25, -0.2) is 0 Å². The molecule has 0 radical (unpaired) electrons. The predicted octanol–water partition coefficient (Wildman–Crippen LogP) is 4.80. The molecule has 33 heavy (non-hydrogen) atoms. The van der Waals surface area contributed by atoms with Crippen molar-refractivity contribution in [3.63, 3.8) is 0 Å². The molecule has 1 aromatic heterocycles. The van der Waals surface area contributed by atoms with Crippen LogP contribution in [0.25, 0.3) is 10.6 Å². The molecule has 0 aliphatic carbocycles. The molecule has 2 amide bonds. The number of aryl methyl sites for hydroxylation is 1. The molecule has 7 nitrogen and oxygen atoms in total. The summed E-state index contributed by atoms with van der Waals surface area (Å²) < 4.78 is 5.17. The van der Waals surface area contributed by atoms with Crippen molar-refractivity contribution >= 4 is 28.3 Å². The summed E-state index contributed by atoms with van der Waals surface area (Å²) in [5, 5.41) is 12.2. The van der Waals surface area contributed by atoms with Gasteiger partial charge in [0.15, 0.2) is 0 Å². The molecule has 0 saturated heterocycles. The smallest absolute Gasteiger partial charge is 0.227 e. The van der Waals surface area contributed by atoms with Gasteiger partial charge in [0, 0.05) is 31.5 Å². The van der Waals surface area contributed by atoms with Crippen LogP contribution in [0.3, 0.4) is 0 Å². The molecule has 0 bridgehead atoms. The SMILES string of the molecule is CCCCN(CCC(=O)Nc1nnc(-c2ccc(OC)cc2)s1)C(=O)CCc1ccccc1. The quantitative estimate of drug-likeness (QED) is 0.414. The number of hydrogen-bond donors (Lipinski definition) is 1. The Kier molecular flexibility index (Phi) is 9.38. The van der Waals surface area contributed by atoms with Gasteiger partial charge in [0.05, 0.1) is 7.11 Å². The monoisotopic (exact) mass is 466 g/mol. The fourth-order valence-electron chi connectivity index (χ4n) is 3.31. The average molecular weight is 467 g/mol. The standard InChI is InChI=1S/C25H30N4O3S/c1-3-4-17-29(23(31)15-10-19-8-6-5-7-9-19)18-16-22(30)26-25-28-27-24(33-25)20-11-13-21(32-2)14-12-20/h5-9,11-14H,3-4,10,15-18H2,1-2H3,(H,26,28,30). The van der Waals surface area contributed by atoms with Crippen molar-refractivity contribution in [3.05, 3.63) is 60.2 Å². The first-order chi connectivity index (χ1) is 16.1. The highest BCUT2D eigenvalue weighted by molar-refractivity contribution is 7.18. The highest BCUT2D eigenvalue weighted by atomic mass is 32.1. The molecule has 3 rings (SSSR count). The van der Waals surface area contributed by atoms with Gasteiger partial charge in [0.1, 0.15) is 10.8 Å². The van der Waals surface area contributed by atoms with E-state index in [2.05, 4.69) is 22.4 Å². The maximum absolute atomic E-state index is 12.8. The minimum absolute atomic E-state index is 0.0813. The minimum atomic E-state index is -0.176. The third-order valence-electron chi connectivity index (χ3n) is 5.22.